The number of thiocarbonyl (C=S) groups is 1. The molecule has 0 aliphatic carbocycles. The van der Waals surface area contributed by atoms with Gasteiger partial charge in [0.05, 0.1) is 0 Å². The van der Waals surface area contributed by atoms with Gasteiger partial charge in [-0.1, -0.05) is 18.2 Å². The van der Waals surface area contributed by atoms with Gasteiger partial charge in [0.2, 0.25) is 0 Å². The summed E-state index contributed by atoms with van der Waals surface area (Å²) < 4.78 is 3.73. The predicted molar refractivity (Wildman–Crippen MR) is 59.7 cm³/mol. The van der Waals surface area contributed by atoms with Crippen molar-refractivity contribution in [3.05, 3.63) is 30.3 Å². The van der Waals surface area contributed by atoms with Gasteiger partial charge >= 0.3 is 6.12 Å². The number of hydrogen-bond donors (Lipinski definition) is 0. The molecule has 0 bridgehead atoms. The SMILES string of the molecule is S=C=N[P+](Cl)(Cl)c1ccccc1. The van der Waals surface area contributed by atoms with Gasteiger partial charge < -0.3 is 0 Å². The van der Waals surface area contributed by atoms with E-state index in [4.69, 9.17) is 22.5 Å². The van der Waals surface area contributed by atoms with Crippen LogP contribution in [0, 0.1) is 0 Å². The molecule has 1 rings (SSSR count). The van der Waals surface area contributed by atoms with Crippen LogP contribution in [0.4, 0.5) is 0 Å². The average Bonchev–Trinajstić information content (AvgIpc) is 2.06. The molecule has 1 nitrogen and oxygen atoms in total. The maximum Gasteiger partial charge on any atom is 0.369 e. The number of hydrogen-bond acceptors (Lipinski definition) is 2. The van der Waals surface area contributed by atoms with E-state index in [0.29, 0.717) is 0 Å². The summed E-state index contributed by atoms with van der Waals surface area (Å²) in [5.41, 5.74) is 0. The summed E-state index contributed by atoms with van der Waals surface area (Å²) in [4.78, 5) is 0. The van der Waals surface area contributed by atoms with Crippen molar-refractivity contribution in [1.29, 1.82) is 0 Å². The van der Waals surface area contributed by atoms with E-state index in [9.17, 15) is 0 Å². The minimum absolute atomic E-state index is 0.797. The summed E-state index contributed by atoms with van der Waals surface area (Å²) in [7, 11) is 0. The molecular weight excluding hydrogens is 232 g/mol. The van der Waals surface area contributed by atoms with Crippen LogP contribution in [0.25, 0.3) is 0 Å². The lowest BCUT2D eigenvalue weighted by Crippen LogP contribution is -1.98. The van der Waals surface area contributed by atoms with Gasteiger partial charge in [-0.3, -0.25) is 0 Å². The summed E-state index contributed by atoms with van der Waals surface area (Å²) in [5, 5.41) is 3.00. The molecule has 12 heavy (non-hydrogen) atoms. The highest BCUT2D eigenvalue weighted by molar-refractivity contribution is 8.21. The van der Waals surface area contributed by atoms with E-state index in [2.05, 4.69) is 22.1 Å². The first-order valence-corrected chi connectivity index (χ1v) is 7.06. The van der Waals surface area contributed by atoms with Crippen LogP contribution in [0.5, 0.6) is 0 Å². The minimum Gasteiger partial charge on any atom is -0.0620 e. The molecule has 0 saturated heterocycles. The van der Waals surface area contributed by atoms with E-state index in [-0.39, 0.29) is 0 Å². The van der Waals surface area contributed by atoms with Gasteiger partial charge in [-0.05, 0) is 29.1 Å². The highest BCUT2D eigenvalue weighted by Crippen LogP contribution is 2.68. The molecule has 0 saturated carbocycles. The smallest absolute Gasteiger partial charge is 0.0620 e. The highest BCUT2D eigenvalue weighted by Gasteiger charge is 2.38. The normalized spacial score (nSPS) is 10.5. The zero-order valence-corrected chi connectivity index (χ0v) is 9.17. The maximum atomic E-state index is 5.94. The fraction of sp³-hybridized carbons (Fsp3) is 0. The van der Waals surface area contributed by atoms with Crippen LogP contribution in [0.15, 0.2) is 35.1 Å². The fourth-order valence-corrected chi connectivity index (χ4v) is 3.00. The molecule has 0 unspecified atom stereocenters. The fourth-order valence-electron chi connectivity index (χ4n) is 0.716. The second-order valence-electron chi connectivity index (χ2n) is 2.01. The summed E-state index contributed by atoms with van der Waals surface area (Å²) in [6.07, 6.45) is -2.44. The molecule has 0 atom stereocenters. The van der Waals surface area contributed by atoms with Crippen molar-refractivity contribution in [3.63, 3.8) is 0 Å². The molecule has 1 aromatic rings. The molecule has 0 aromatic heterocycles. The lowest BCUT2D eigenvalue weighted by Gasteiger charge is -1.99. The van der Waals surface area contributed by atoms with Crippen LogP contribution in [0.3, 0.4) is 0 Å². The van der Waals surface area contributed by atoms with Gasteiger partial charge in [0, 0.05) is 0 Å². The number of isothiocyanates is 1. The van der Waals surface area contributed by atoms with Crippen molar-refractivity contribution in [1.82, 2.24) is 0 Å². The Labute approximate surface area is 86.4 Å². The second-order valence-corrected chi connectivity index (χ2v) is 7.33. The first kappa shape index (κ1) is 10.1. The monoisotopic (exact) mass is 236 g/mol. The van der Waals surface area contributed by atoms with Crippen molar-refractivity contribution < 1.29 is 0 Å². The Morgan fingerprint density at radius 1 is 1.25 bits per heavy atom. The zero-order chi connectivity index (χ0) is 9.03. The molecule has 0 radical (unpaired) electrons. The van der Waals surface area contributed by atoms with Gasteiger partial charge in [-0.25, -0.2) is 0 Å². The van der Waals surface area contributed by atoms with Gasteiger partial charge in [0.1, 0.15) is 27.6 Å². The summed E-state index contributed by atoms with van der Waals surface area (Å²) >= 11 is 16.3. The van der Waals surface area contributed by atoms with E-state index < -0.39 is 6.12 Å². The van der Waals surface area contributed by atoms with E-state index >= 15 is 0 Å². The molecule has 5 heteroatoms. The number of rotatable bonds is 2. The Balaban J connectivity index is 3.05. The minimum atomic E-state index is -2.44. The van der Waals surface area contributed by atoms with E-state index in [1.54, 1.807) is 0 Å². The number of nitrogens with zero attached hydrogens (tertiary/aromatic N) is 1. The third-order valence-corrected chi connectivity index (χ3v) is 4.36. The van der Waals surface area contributed by atoms with Crippen molar-refractivity contribution >= 4 is 51.3 Å². The number of halogens is 2. The number of benzene rings is 1. The van der Waals surface area contributed by atoms with Gasteiger partial charge in [-0.2, -0.15) is 0 Å². The van der Waals surface area contributed by atoms with Crippen molar-refractivity contribution in [3.8, 4) is 0 Å². The quantitative estimate of drug-likeness (QED) is 0.434. The molecule has 0 aliphatic rings. The van der Waals surface area contributed by atoms with Crippen LogP contribution in [0.2, 0.25) is 0 Å². The van der Waals surface area contributed by atoms with Gasteiger partial charge in [0.15, 0.2) is 5.30 Å². The zero-order valence-electron chi connectivity index (χ0n) is 5.95. The van der Waals surface area contributed by atoms with Gasteiger partial charge in [-0.15, -0.1) is 0 Å². The molecule has 0 spiro atoms. The Morgan fingerprint density at radius 2 is 1.83 bits per heavy atom. The van der Waals surface area contributed by atoms with E-state index in [1.165, 1.54) is 0 Å². The van der Waals surface area contributed by atoms with Crippen LogP contribution in [-0.2, 0) is 0 Å². The molecule has 0 aliphatic heterocycles. The maximum absolute atomic E-state index is 5.94. The van der Waals surface area contributed by atoms with Crippen molar-refractivity contribution in [2.24, 2.45) is 4.76 Å². The summed E-state index contributed by atoms with van der Waals surface area (Å²) in [6.45, 7) is 0. The Morgan fingerprint density at radius 3 is 2.33 bits per heavy atom. The molecule has 62 valence electrons. The van der Waals surface area contributed by atoms with Gasteiger partial charge in [0.25, 0.3) is 0 Å². The van der Waals surface area contributed by atoms with Crippen LogP contribution < -0.4 is 5.30 Å². The molecule has 0 amide bonds. The summed E-state index contributed by atoms with van der Waals surface area (Å²) in [5.74, 6) is 0. The predicted octanol–water partition coefficient (Wildman–Crippen LogP) is 3.65. The Kier molecular flexibility index (Phi) is 3.64. The molecule has 0 N–H and O–H groups in total. The third kappa shape index (κ3) is 2.52. The largest absolute Gasteiger partial charge is 0.369 e. The highest BCUT2D eigenvalue weighted by atomic mass is 35.9. The van der Waals surface area contributed by atoms with E-state index in [1.807, 2.05) is 30.3 Å². The van der Waals surface area contributed by atoms with Crippen LogP contribution >= 0.6 is 40.8 Å². The van der Waals surface area contributed by atoms with E-state index in [0.717, 1.165) is 5.30 Å². The average molecular weight is 237 g/mol. The molecule has 0 heterocycles. The Hall–Kier alpha value is 0.0300. The Bertz CT molecular complexity index is 308. The topological polar surface area (TPSA) is 12.4 Å². The first-order chi connectivity index (χ1) is 5.67. The van der Waals surface area contributed by atoms with Crippen molar-refractivity contribution in [2.75, 3.05) is 0 Å². The lowest BCUT2D eigenvalue weighted by atomic mass is 10.4. The van der Waals surface area contributed by atoms with Crippen LogP contribution in [-0.4, -0.2) is 5.16 Å². The van der Waals surface area contributed by atoms with Crippen LogP contribution in [0.1, 0.15) is 0 Å². The standard InChI is InChI=1S/C7H5Cl2NPS/c8-11(9,10-6-12)7-4-2-1-3-5-7/h1-5H/q+1. The summed E-state index contributed by atoms with van der Waals surface area (Å²) in [6, 6.07) is 9.24. The molecular formula is C7H5Cl2NPS+. The lowest BCUT2D eigenvalue weighted by molar-refractivity contribution is 1.76. The first-order valence-electron chi connectivity index (χ1n) is 3.10. The third-order valence-electron chi connectivity index (χ3n) is 1.23. The van der Waals surface area contributed by atoms with Crippen molar-refractivity contribution in [2.45, 2.75) is 0 Å². The molecule has 0 fully saturated rings. The molecule has 1 aromatic carbocycles. The second kappa shape index (κ2) is 4.32.